The summed E-state index contributed by atoms with van der Waals surface area (Å²) in [6.45, 7) is 0. The molecule has 1 nitrogen and oxygen atoms in total. The normalized spacial score (nSPS) is 13.1. The Labute approximate surface area is 129 Å². The number of rotatable bonds is 2. The number of fused-ring (bicyclic) bond motifs is 3. The van der Waals surface area contributed by atoms with Crippen LogP contribution in [0.2, 0.25) is 0 Å². The summed E-state index contributed by atoms with van der Waals surface area (Å²) in [7, 11) is 0. The molecule has 3 aromatic carbocycles. The van der Waals surface area contributed by atoms with Crippen molar-refractivity contribution in [2.75, 3.05) is 0 Å². The molecular weight excluding hydrogens is 268 g/mol. The van der Waals surface area contributed by atoms with E-state index < -0.39 is 0 Å². The van der Waals surface area contributed by atoms with E-state index in [2.05, 4.69) is 42.5 Å². The molecule has 106 valence electrons. The van der Waals surface area contributed by atoms with Crippen LogP contribution in [0.15, 0.2) is 60.7 Å². The second-order valence-electron chi connectivity index (χ2n) is 5.68. The van der Waals surface area contributed by atoms with Gasteiger partial charge in [-0.1, -0.05) is 60.7 Å². The van der Waals surface area contributed by atoms with Crippen LogP contribution in [0.3, 0.4) is 0 Å². The lowest BCUT2D eigenvalue weighted by atomic mass is 9.85. The van der Waals surface area contributed by atoms with Gasteiger partial charge in [0.15, 0.2) is 6.29 Å². The van der Waals surface area contributed by atoms with E-state index in [4.69, 9.17) is 0 Å². The highest BCUT2D eigenvalue weighted by atomic mass is 16.1. The van der Waals surface area contributed by atoms with E-state index in [0.29, 0.717) is 0 Å². The smallest absolute Gasteiger partial charge is 0.150 e. The van der Waals surface area contributed by atoms with Crippen molar-refractivity contribution in [1.29, 1.82) is 0 Å². The zero-order chi connectivity index (χ0) is 14.9. The third-order valence-electron chi connectivity index (χ3n) is 4.42. The van der Waals surface area contributed by atoms with Crippen molar-refractivity contribution in [2.24, 2.45) is 0 Å². The van der Waals surface area contributed by atoms with Gasteiger partial charge in [-0.2, -0.15) is 0 Å². The number of hydrogen-bond donors (Lipinski definition) is 0. The number of carbonyl (C=O) groups is 1. The zero-order valence-corrected chi connectivity index (χ0v) is 12.3. The Morgan fingerprint density at radius 2 is 1.73 bits per heavy atom. The highest BCUT2D eigenvalue weighted by molar-refractivity contribution is 5.99. The maximum Gasteiger partial charge on any atom is 0.150 e. The molecule has 0 saturated carbocycles. The Balaban J connectivity index is 2.10. The summed E-state index contributed by atoms with van der Waals surface area (Å²) < 4.78 is 0. The number of aldehydes is 1. The van der Waals surface area contributed by atoms with Gasteiger partial charge in [0, 0.05) is 5.56 Å². The summed E-state index contributed by atoms with van der Waals surface area (Å²) in [6.07, 6.45) is 7.52. The van der Waals surface area contributed by atoms with Gasteiger partial charge in [0.1, 0.15) is 0 Å². The molecule has 1 heteroatoms. The van der Waals surface area contributed by atoms with Crippen LogP contribution in [-0.2, 0) is 6.42 Å². The highest BCUT2D eigenvalue weighted by Crippen LogP contribution is 2.37. The zero-order valence-electron chi connectivity index (χ0n) is 12.3. The predicted octanol–water partition coefficient (Wildman–Crippen LogP) is 5.28. The molecule has 0 spiro atoms. The Kier molecular flexibility index (Phi) is 3.12. The van der Waals surface area contributed by atoms with Crippen LogP contribution >= 0.6 is 0 Å². The minimum atomic E-state index is 0.749. The molecule has 4 rings (SSSR count). The lowest BCUT2D eigenvalue weighted by Crippen LogP contribution is -2.00. The summed E-state index contributed by atoms with van der Waals surface area (Å²) in [5, 5.41) is 2.57. The van der Waals surface area contributed by atoms with Gasteiger partial charge in [0.05, 0.1) is 0 Å². The van der Waals surface area contributed by atoms with Gasteiger partial charge in [-0.05, 0) is 51.9 Å². The van der Waals surface area contributed by atoms with E-state index in [0.717, 1.165) is 35.8 Å². The van der Waals surface area contributed by atoms with Crippen LogP contribution in [0.5, 0.6) is 0 Å². The highest BCUT2D eigenvalue weighted by Gasteiger charge is 2.16. The van der Waals surface area contributed by atoms with Gasteiger partial charge in [-0.15, -0.1) is 0 Å². The monoisotopic (exact) mass is 284 g/mol. The first-order valence-electron chi connectivity index (χ1n) is 7.64. The molecule has 1 aliphatic rings. The van der Waals surface area contributed by atoms with Crippen molar-refractivity contribution in [2.45, 2.75) is 12.8 Å². The van der Waals surface area contributed by atoms with Crippen molar-refractivity contribution in [3.8, 4) is 11.1 Å². The Morgan fingerprint density at radius 1 is 0.909 bits per heavy atom. The Morgan fingerprint density at radius 3 is 2.64 bits per heavy atom. The Bertz CT molecular complexity index is 903. The fourth-order valence-corrected chi connectivity index (χ4v) is 3.40. The van der Waals surface area contributed by atoms with E-state index >= 15 is 0 Å². The number of aryl methyl sites for hydroxylation is 1. The molecule has 0 aliphatic heterocycles. The average molecular weight is 284 g/mol. The largest absolute Gasteiger partial charge is 0.298 e. The molecule has 0 atom stereocenters. The van der Waals surface area contributed by atoms with E-state index in [1.807, 2.05) is 24.3 Å². The molecule has 1 aliphatic carbocycles. The van der Waals surface area contributed by atoms with Gasteiger partial charge in [0.25, 0.3) is 0 Å². The van der Waals surface area contributed by atoms with Crippen LogP contribution in [-0.4, -0.2) is 6.29 Å². The summed E-state index contributed by atoms with van der Waals surface area (Å²) in [5.74, 6) is 0. The second kappa shape index (κ2) is 5.27. The summed E-state index contributed by atoms with van der Waals surface area (Å²) in [5.41, 5.74) is 5.59. The fourth-order valence-electron chi connectivity index (χ4n) is 3.40. The van der Waals surface area contributed by atoms with Crippen molar-refractivity contribution in [3.63, 3.8) is 0 Å². The SMILES string of the molecule is O=Cc1ccccc1-c1cc2ccccc2c2c1C=CCC2. The second-order valence-corrected chi connectivity index (χ2v) is 5.68. The van der Waals surface area contributed by atoms with Gasteiger partial charge in [0.2, 0.25) is 0 Å². The molecule has 22 heavy (non-hydrogen) atoms. The molecule has 0 amide bonds. The molecule has 0 N–H and O–H groups in total. The lowest BCUT2D eigenvalue weighted by Gasteiger charge is -2.19. The van der Waals surface area contributed by atoms with Gasteiger partial charge in [-0.3, -0.25) is 4.79 Å². The van der Waals surface area contributed by atoms with E-state index in [9.17, 15) is 4.79 Å². The molecule has 3 aromatic rings. The van der Waals surface area contributed by atoms with Crippen LogP contribution in [0.1, 0.15) is 27.9 Å². The Hall–Kier alpha value is -2.67. The summed E-state index contributed by atoms with van der Waals surface area (Å²) in [6, 6.07) is 18.6. The van der Waals surface area contributed by atoms with Crippen LogP contribution in [0.4, 0.5) is 0 Å². The van der Waals surface area contributed by atoms with Crippen molar-refractivity contribution in [3.05, 3.63) is 77.4 Å². The number of benzene rings is 3. The maximum absolute atomic E-state index is 11.4. The van der Waals surface area contributed by atoms with Crippen molar-refractivity contribution < 1.29 is 4.79 Å². The third kappa shape index (κ3) is 1.98. The molecule has 0 fully saturated rings. The van der Waals surface area contributed by atoms with Gasteiger partial charge in [-0.25, -0.2) is 0 Å². The van der Waals surface area contributed by atoms with E-state index in [1.54, 1.807) is 0 Å². The lowest BCUT2D eigenvalue weighted by molar-refractivity contribution is 0.112. The topological polar surface area (TPSA) is 17.1 Å². The van der Waals surface area contributed by atoms with Gasteiger partial charge >= 0.3 is 0 Å². The first-order valence-corrected chi connectivity index (χ1v) is 7.64. The van der Waals surface area contributed by atoms with Crippen LogP contribution in [0, 0.1) is 0 Å². The fraction of sp³-hybridized carbons (Fsp3) is 0.0952. The van der Waals surface area contributed by atoms with Crippen molar-refractivity contribution >= 4 is 23.1 Å². The molecule has 0 heterocycles. The first kappa shape index (κ1) is 13.0. The van der Waals surface area contributed by atoms with Crippen molar-refractivity contribution in [1.82, 2.24) is 0 Å². The van der Waals surface area contributed by atoms with E-state index in [1.165, 1.54) is 21.9 Å². The maximum atomic E-state index is 11.4. The molecule has 0 unspecified atom stereocenters. The minimum absolute atomic E-state index is 0.749. The number of hydrogen-bond acceptors (Lipinski definition) is 1. The number of carbonyl (C=O) groups excluding carboxylic acids is 1. The summed E-state index contributed by atoms with van der Waals surface area (Å²) >= 11 is 0. The molecule has 0 saturated heterocycles. The minimum Gasteiger partial charge on any atom is -0.298 e. The molecular formula is C21H16O. The van der Waals surface area contributed by atoms with Gasteiger partial charge < -0.3 is 0 Å². The molecule has 0 aromatic heterocycles. The molecule has 0 radical (unpaired) electrons. The quantitative estimate of drug-likeness (QED) is 0.585. The predicted molar refractivity (Wildman–Crippen MR) is 92.1 cm³/mol. The first-order chi connectivity index (χ1) is 10.9. The number of allylic oxidation sites excluding steroid dienone is 1. The van der Waals surface area contributed by atoms with E-state index in [-0.39, 0.29) is 0 Å². The summed E-state index contributed by atoms with van der Waals surface area (Å²) in [4.78, 5) is 11.4. The standard InChI is InChI=1S/C21H16O/c22-14-16-8-2-4-10-18(16)21-13-15-7-1-3-9-17(15)19-11-5-6-12-20(19)21/h1-4,6-10,12-14H,5,11H2. The third-order valence-corrected chi connectivity index (χ3v) is 4.42. The van der Waals surface area contributed by atoms with Crippen LogP contribution < -0.4 is 0 Å². The van der Waals surface area contributed by atoms with Crippen LogP contribution in [0.25, 0.3) is 28.0 Å². The average Bonchev–Trinajstić information content (AvgIpc) is 2.61. The molecule has 0 bridgehead atoms.